The van der Waals surface area contributed by atoms with Gasteiger partial charge in [0.2, 0.25) is 5.90 Å². The monoisotopic (exact) mass is 610 g/mol. The van der Waals surface area contributed by atoms with Crippen molar-refractivity contribution in [3.63, 3.8) is 0 Å². The summed E-state index contributed by atoms with van der Waals surface area (Å²) in [4.78, 5) is 22.4. The fourth-order valence-corrected chi connectivity index (χ4v) is 5.58. The number of aliphatic hydroxyl groups is 2. The third-order valence-electron chi connectivity index (χ3n) is 8.03. The standard InChI is InChI=1S/C34H38N6O5/c35-40-38-30-12-5-4-11-29(30)31-34(21-6-10-24-8-2-1-3-9-24,33(43)39-37-26-15-17-27(42)18-16-26)36-32(45-31)25-13-19-28(20-14-25)44-23-7-22-41/h1-6,8-14,19-20,26-27,31,37,41-42H,7,15-18,21-23H2,(H,39,43)/b10-6+/t26?,27?,31-,34-/m0/s1. The van der Waals surface area contributed by atoms with Gasteiger partial charge in [0, 0.05) is 47.2 Å². The van der Waals surface area contributed by atoms with Crippen LogP contribution in [0.25, 0.3) is 16.5 Å². The zero-order chi connectivity index (χ0) is 31.5. The molecule has 0 aromatic heterocycles. The molecule has 0 unspecified atom stereocenters. The second kappa shape index (κ2) is 15.4. The Morgan fingerprint density at radius 3 is 2.53 bits per heavy atom. The molecule has 234 valence electrons. The van der Waals surface area contributed by atoms with Crippen molar-refractivity contribution in [3.05, 3.63) is 112 Å². The van der Waals surface area contributed by atoms with E-state index in [2.05, 4.69) is 20.9 Å². The first-order chi connectivity index (χ1) is 22.0. The Morgan fingerprint density at radius 2 is 1.80 bits per heavy atom. The lowest BCUT2D eigenvalue weighted by molar-refractivity contribution is -0.130. The van der Waals surface area contributed by atoms with E-state index in [0.717, 1.165) is 18.4 Å². The average molecular weight is 611 g/mol. The number of amides is 1. The first-order valence-electron chi connectivity index (χ1n) is 15.2. The largest absolute Gasteiger partial charge is 0.494 e. The number of nitrogens with zero attached hydrogens (tertiary/aromatic N) is 4. The second-order valence-electron chi connectivity index (χ2n) is 11.2. The highest BCUT2D eigenvalue weighted by Gasteiger charge is 2.53. The number of carbonyl (C=O) groups is 1. The van der Waals surface area contributed by atoms with Crippen LogP contribution in [0.3, 0.4) is 0 Å². The molecule has 2 aliphatic rings. The molecular formula is C34H38N6O5. The van der Waals surface area contributed by atoms with Gasteiger partial charge in [0.05, 0.1) is 12.7 Å². The maximum atomic E-state index is 14.4. The Kier molecular flexibility index (Phi) is 10.8. The predicted octanol–water partition coefficient (Wildman–Crippen LogP) is 5.67. The van der Waals surface area contributed by atoms with Gasteiger partial charge in [-0.05, 0) is 61.0 Å². The zero-order valence-electron chi connectivity index (χ0n) is 25.0. The first-order valence-corrected chi connectivity index (χ1v) is 15.2. The van der Waals surface area contributed by atoms with Gasteiger partial charge in [-0.1, -0.05) is 71.9 Å². The average Bonchev–Trinajstić information content (AvgIpc) is 3.46. The Morgan fingerprint density at radius 1 is 1.07 bits per heavy atom. The van der Waals surface area contributed by atoms with E-state index in [1.165, 1.54) is 0 Å². The van der Waals surface area contributed by atoms with Crippen LogP contribution in [0.15, 0.2) is 95.0 Å². The molecular weight excluding hydrogens is 572 g/mol. The maximum absolute atomic E-state index is 14.4. The van der Waals surface area contributed by atoms with Crippen molar-refractivity contribution in [2.75, 3.05) is 13.2 Å². The molecule has 1 saturated carbocycles. The lowest BCUT2D eigenvalue weighted by Gasteiger charge is -2.32. The summed E-state index contributed by atoms with van der Waals surface area (Å²) in [6.45, 7) is 0.428. The van der Waals surface area contributed by atoms with E-state index < -0.39 is 17.6 Å². The van der Waals surface area contributed by atoms with Crippen molar-refractivity contribution in [3.8, 4) is 5.75 Å². The highest BCUT2D eigenvalue weighted by Crippen LogP contribution is 2.45. The van der Waals surface area contributed by atoms with E-state index in [9.17, 15) is 15.4 Å². The number of rotatable bonds is 13. The highest BCUT2D eigenvalue weighted by atomic mass is 16.5. The number of azide groups is 1. The SMILES string of the molecule is [N-]=[N+]=Nc1ccccc1[C@@H]1OC(c2ccc(OCCCO)cc2)=N[C@]1(C/C=C/c1ccccc1)C(=O)NNC1CCC(O)CC1. The summed E-state index contributed by atoms with van der Waals surface area (Å²) in [7, 11) is 0. The van der Waals surface area contributed by atoms with Crippen LogP contribution in [-0.4, -0.2) is 52.9 Å². The topological polar surface area (TPSA) is 161 Å². The fourth-order valence-electron chi connectivity index (χ4n) is 5.58. The Bertz CT molecular complexity index is 1530. The third kappa shape index (κ3) is 7.89. The minimum absolute atomic E-state index is 0.00679. The predicted molar refractivity (Wildman–Crippen MR) is 172 cm³/mol. The van der Waals surface area contributed by atoms with Crippen LogP contribution in [0.2, 0.25) is 0 Å². The van der Waals surface area contributed by atoms with Crippen LogP contribution in [0.5, 0.6) is 5.75 Å². The second-order valence-corrected chi connectivity index (χ2v) is 11.2. The number of benzene rings is 3. The fraction of sp³-hybridized carbons (Fsp3) is 0.353. The normalized spacial score (nSPS) is 22.7. The zero-order valence-corrected chi connectivity index (χ0v) is 25.0. The van der Waals surface area contributed by atoms with Crippen molar-refractivity contribution in [2.24, 2.45) is 10.1 Å². The molecule has 1 aliphatic heterocycles. The molecule has 45 heavy (non-hydrogen) atoms. The molecule has 1 heterocycles. The van der Waals surface area contributed by atoms with Gasteiger partial charge in [-0.2, -0.15) is 0 Å². The molecule has 0 radical (unpaired) electrons. The molecule has 3 aromatic rings. The Labute approximate surface area is 262 Å². The minimum Gasteiger partial charge on any atom is -0.494 e. The summed E-state index contributed by atoms with van der Waals surface area (Å²) in [6.07, 6.45) is 6.06. The molecule has 1 aliphatic carbocycles. The van der Waals surface area contributed by atoms with Gasteiger partial charge in [-0.15, -0.1) is 0 Å². The Balaban J connectivity index is 1.53. The van der Waals surface area contributed by atoms with Crippen LogP contribution in [0.1, 0.15) is 61.3 Å². The quantitative estimate of drug-likeness (QED) is 0.0641. The van der Waals surface area contributed by atoms with Gasteiger partial charge in [0.25, 0.3) is 5.91 Å². The summed E-state index contributed by atoms with van der Waals surface area (Å²) < 4.78 is 12.2. The minimum atomic E-state index is -1.47. The number of ether oxygens (including phenoxy) is 2. The molecule has 1 amide bonds. The number of carbonyl (C=O) groups excluding carboxylic acids is 1. The lowest BCUT2D eigenvalue weighted by Crippen LogP contribution is -2.55. The van der Waals surface area contributed by atoms with Gasteiger partial charge in [0.1, 0.15) is 5.75 Å². The maximum Gasteiger partial charge on any atom is 0.266 e. The molecule has 5 rings (SSSR count). The van der Waals surface area contributed by atoms with E-state index in [0.29, 0.717) is 48.4 Å². The van der Waals surface area contributed by atoms with E-state index >= 15 is 0 Å². The van der Waals surface area contributed by atoms with E-state index in [-0.39, 0.29) is 31.1 Å². The highest BCUT2D eigenvalue weighted by molar-refractivity contribution is 6.01. The molecule has 11 nitrogen and oxygen atoms in total. The molecule has 0 saturated heterocycles. The van der Waals surface area contributed by atoms with E-state index in [1.54, 1.807) is 36.4 Å². The van der Waals surface area contributed by atoms with Crippen molar-refractivity contribution in [1.29, 1.82) is 0 Å². The Hall–Kier alpha value is -4.67. The van der Waals surface area contributed by atoms with Crippen LogP contribution < -0.4 is 15.6 Å². The summed E-state index contributed by atoms with van der Waals surface area (Å²) in [5.41, 5.74) is 16.4. The van der Waals surface area contributed by atoms with Crippen LogP contribution in [-0.2, 0) is 9.53 Å². The molecule has 4 N–H and O–H groups in total. The molecule has 0 spiro atoms. The van der Waals surface area contributed by atoms with Crippen molar-refractivity contribution < 1.29 is 24.5 Å². The molecule has 1 fully saturated rings. The van der Waals surface area contributed by atoms with Crippen LogP contribution >= 0.6 is 0 Å². The van der Waals surface area contributed by atoms with E-state index in [4.69, 9.17) is 19.6 Å². The van der Waals surface area contributed by atoms with Gasteiger partial charge >= 0.3 is 0 Å². The van der Waals surface area contributed by atoms with Crippen LogP contribution in [0.4, 0.5) is 5.69 Å². The van der Waals surface area contributed by atoms with Crippen molar-refractivity contribution in [1.82, 2.24) is 10.9 Å². The van der Waals surface area contributed by atoms with E-state index in [1.807, 2.05) is 54.6 Å². The number of aliphatic imine (C=N–C) groups is 1. The summed E-state index contributed by atoms with van der Waals surface area (Å²) in [6, 6.07) is 24.0. The molecule has 3 aromatic carbocycles. The van der Waals surface area contributed by atoms with Crippen LogP contribution in [0, 0.1) is 0 Å². The van der Waals surface area contributed by atoms with Crippen molar-refractivity contribution >= 4 is 23.6 Å². The summed E-state index contributed by atoms with van der Waals surface area (Å²) in [5, 5.41) is 22.9. The van der Waals surface area contributed by atoms with Gasteiger partial charge in [-0.3, -0.25) is 10.2 Å². The molecule has 0 bridgehead atoms. The van der Waals surface area contributed by atoms with Gasteiger partial charge < -0.3 is 19.7 Å². The number of aliphatic hydroxyl groups excluding tert-OH is 2. The third-order valence-corrected chi connectivity index (χ3v) is 8.03. The summed E-state index contributed by atoms with van der Waals surface area (Å²) in [5.74, 6) is 0.500. The smallest absolute Gasteiger partial charge is 0.266 e. The lowest BCUT2D eigenvalue weighted by atomic mass is 9.83. The number of hydrazine groups is 1. The number of hydrogen-bond acceptors (Lipinski definition) is 8. The first kappa shape index (κ1) is 31.7. The number of hydrogen-bond donors (Lipinski definition) is 4. The van der Waals surface area contributed by atoms with Gasteiger partial charge in [0.15, 0.2) is 11.6 Å². The van der Waals surface area contributed by atoms with Gasteiger partial charge in [-0.25, -0.2) is 10.4 Å². The van der Waals surface area contributed by atoms with Crippen molar-refractivity contribution in [2.45, 2.75) is 62.3 Å². The summed E-state index contributed by atoms with van der Waals surface area (Å²) >= 11 is 0. The molecule has 2 atom stereocenters. The molecule has 11 heteroatoms. The number of nitrogens with one attached hydrogen (secondary N) is 2.